The van der Waals surface area contributed by atoms with Crippen LogP contribution in [0.2, 0.25) is 0 Å². The highest BCUT2D eigenvalue weighted by atomic mass is 16.6. The Kier molecular flexibility index (Phi) is 6.82. The standard InChI is InChI=1S/C27H32N2O4/c28-24(31)27(15-7-8-16-27)33-25(32)26(22-11-5-2-6-12-22)17-19-29(20-18-26)23(30)14-13-21-9-3-1-4-10-21/h1-6,9-12H,7-8,13-20H2,(H2,28,31). The van der Waals surface area contributed by atoms with Gasteiger partial charge in [-0.15, -0.1) is 0 Å². The Morgan fingerprint density at radius 1 is 0.848 bits per heavy atom. The van der Waals surface area contributed by atoms with Gasteiger partial charge in [0.2, 0.25) is 5.91 Å². The minimum absolute atomic E-state index is 0.0956. The first-order valence-corrected chi connectivity index (χ1v) is 11.9. The largest absolute Gasteiger partial charge is 0.448 e. The van der Waals surface area contributed by atoms with E-state index in [0.29, 0.717) is 51.6 Å². The van der Waals surface area contributed by atoms with Crippen LogP contribution in [-0.4, -0.2) is 41.4 Å². The van der Waals surface area contributed by atoms with Crippen LogP contribution in [0, 0.1) is 0 Å². The third-order valence-corrected chi connectivity index (χ3v) is 7.31. The van der Waals surface area contributed by atoms with Gasteiger partial charge in [-0.25, -0.2) is 0 Å². The molecule has 2 aliphatic rings. The topological polar surface area (TPSA) is 89.7 Å². The number of piperidine rings is 1. The molecule has 0 aromatic heterocycles. The van der Waals surface area contributed by atoms with Crippen molar-refractivity contribution in [2.45, 2.75) is 62.4 Å². The highest BCUT2D eigenvalue weighted by Gasteiger charge is 2.51. The summed E-state index contributed by atoms with van der Waals surface area (Å²) in [7, 11) is 0. The van der Waals surface area contributed by atoms with Crippen LogP contribution in [0.1, 0.15) is 56.1 Å². The van der Waals surface area contributed by atoms with Crippen LogP contribution in [0.4, 0.5) is 0 Å². The van der Waals surface area contributed by atoms with Gasteiger partial charge in [0, 0.05) is 19.5 Å². The van der Waals surface area contributed by atoms with Gasteiger partial charge in [0.15, 0.2) is 5.60 Å². The highest BCUT2D eigenvalue weighted by molar-refractivity contribution is 5.90. The molecule has 0 spiro atoms. The quantitative estimate of drug-likeness (QED) is 0.657. The van der Waals surface area contributed by atoms with E-state index >= 15 is 0 Å². The van der Waals surface area contributed by atoms with E-state index in [1.807, 2.05) is 65.6 Å². The molecule has 0 bridgehead atoms. The number of rotatable bonds is 7. The van der Waals surface area contributed by atoms with Crippen molar-refractivity contribution in [2.75, 3.05) is 13.1 Å². The van der Waals surface area contributed by atoms with Gasteiger partial charge in [0.1, 0.15) is 0 Å². The number of carbonyl (C=O) groups excluding carboxylic acids is 3. The molecular formula is C27H32N2O4. The third kappa shape index (κ3) is 4.80. The summed E-state index contributed by atoms with van der Waals surface area (Å²) >= 11 is 0. The number of benzene rings is 2. The first-order chi connectivity index (χ1) is 16.0. The molecule has 1 saturated heterocycles. The van der Waals surface area contributed by atoms with Gasteiger partial charge in [0.25, 0.3) is 5.91 Å². The van der Waals surface area contributed by atoms with Crippen molar-refractivity contribution in [1.29, 1.82) is 0 Å². The van der Waals surface area contributed by atoms with Gasteiger partial charge in [0.05, 0.1) is 5.41 Å². The summed E-state index contributed by atoms with van der Waals surface area (Å²) in [5, 5.41) is 0. The van der Waals surface area contributed by atoms with Crippen LogP contribution in [0.25, 0.3) is 0 Å². The smallest absolute Gasteiger partial charge is 0.317 e. The number of likely N-dealkylation sites (tertiary alicyclic amines) is 1. The SMILES string of the molecule is NC(=O)C1(OC(=O)C2(c3ccccc3)CCN(C(=O)CCc3ccccc3)CC2)CCCC1. The molecule has 0 radical (unpaired) electrons. The van der Waals surface area contributed by atoms with Crippen molar-refractivity contribution in [3.63, 3.8) is 0 Å². The molecule has 2 fully saturated rings. The van der Waals surface area contributed by atoms with Crippen LogP contribution in [0.3, 0.4) is 0 Å². The van der Waals surface area contributed by atoms with Crippen molar-refractivity contribution in [2.24, 2.45) is 5.73 Å². The Morgan fingerprint density at radius 2 is 1.42 bits per heavy atom. The zero-order valence-corrected chi connectivity index (χ0v) is 19.0. The molecule has 1 saturated carbocycles. The lowest BCUT2D eigenvalue weighted by Gasteiger charge is -2.42. The average Bonchev–Trinajstić information content (AvgIpc) is 3.33. The van der Waals surface area contributed by atoms with E-state index in [1.54, 1.807) is 0 Å². The van der Waals surface area contributed by atoms with Crippen LogP contribution in [-0.2, 0) is 31.0 Å². The first kappa shape index (κ1) is 23.0. The summed E-state index contributed by atoms with van der Waals surface area (Å²) in [5.74, 6) is -0.867. The summed E-state index contributed by atoms with van der Waals surface area (Å²) in [5.41, 5.74) is 5.58. The van der Waals surface area contributed by atoms with Crippen LogP contribution in [0.15, 0.2) is 60.7 Å². The van der Waals surface area contributed by atoms with E-state index < -0.39 is 22.9 Å². The maximum absolute atomic E-state index is 13.6. The molecular weight excluding hydrogens is 416 g/mol. The lowest BCUT2D eigenvalue weighted by atomic mass is 9.72. The summed E-state index contributed by atoms with van der Waals surface area (Å²) in [6, 6.07) is 19.5. The summed E-state index contributed by atoms with van der Waals surface area (Å²) in [6.07, 6.45) is 4.65. The number of nitrogens with zero attached hydrogens (tertiary/aromatic N) is 1. The van der Waals surface area contributed by atoms with E-state index in [4.69, 9.17) is 10.5 Å². The fourth-order valence-electron chi connectivity index (χ4n) is 5.18. The molecule has 2 aromatic rings. The Morgan fingerprint density at radius 3 is 2.00 bits per heavy atom. The molecule has 2 amide bonds. The van der Waals surface area contributed by atoms with Crippen molar-refractivity contribution in [3.05, 3.63) is 71.8 Å². The molecule has 33 heavy (non-hydrogen) atoms. The van der Waals surface area contributed by atoms with E-state index in [9.17, 15) is 14.4 Å². The lowest BCUT2D eigenvalue weighted by molar-refractivity contribution is -0.174. The molecule has 2 aromatic carbocycles. The van der Waals surface area contributed by atoms with Gasteiger partial charge in [-0.2, -0.15) is 0 Å². The van der Waals surface area contributed by atoms with E-state index in [2.05, 4.69) is 0 Å². The van der Waals surface area contributed by atoms with Gasteiger partial charge in [-0.05, 0) is 56.1 Å². The second-order valence-electron chi connectivity index (χ2n) is 9.27. The van der Waals surface area contributed by atoms with Crippen molar-refractivity contribution in [1.82, 2.24) is 4.90 Å². The van der Waals surface area contributed by atoms with E-state index in [-0.39, 0.29) is 5.91 Å². The molecule has 4 rings (SSSR count). The van der Waals surface area contributed by atoms with Crippen LogP contribution >= 0.6 is 0 Å². The predicted molar refractivity (Wildman–Crippen MR) is 125 cm³/mol. The Labute approximate surface area is 195 Å². The molecule has 2 N–H and O–H groups in total. The first-order valence-electron chi connectivity index (χ1n) is 11.9. The number of ether oxygens (including phenoxy) is 1. The number of hydrogen-bond donors (Lipinski definition) is 1. The molecule has 0 atom stereocenters. The van der Waals surface area contributed by atoms with Crippen LogP contribution in [0.5, 0.6) is 0 Å². The third-order valence-electron chi connectivity index (χ3n) is 7.31. The maximum atomic E-state index is 13.6. The fourth-order valence-corrected chi connectivity index (χ4v) is 5.18. The van der Waals surface area contributed by atoms with Gasteiger partial charge >= 0.3 is 5.97 Å². The molecule has 1 aliphatic heterocycles. The zero-order chi connectivity index (χ0) is 23.3. The molecule has 6 nitrogen and oxygen atoms in total. The van der Waals surface area contributed by atoms with Gasteiger partial charge in [-0.3, -0.25) is 14.4 Å². The fraction of sp³-hybridized carbons (Fsp3) is 0.444. The lowest BCUT2D eigenvalue weighted by Crippen LogP contribution is -2.54. The number of primary amides is 1. The van der Waals surface area contributed by atoms with Crippen molar-refractivity contribution < 1.29 is 19.1 Å². The minimum Gasteiger partial charge on any atom is -0.448 e. The Hall–Kier alpha value is -3.15. The predicted octanol–water partition coefficient (Wildman–Crippen LogP) is 3.52. The number of amides is 2. The number of carbonyl (C=O) groups is 3. The maximum Gasteiger partial charge on any atom is 0.317 e. The molecule has 174 valence electrons. The normalized spacial score (nSPS) is 19.1. The molecule has 6 heteroatoms. The second-order valence-corrected chi connectivity index (χ2v) is 9.27. The number of hydrogen-bond acceptors (Lipinski definition) is 4. The average molecular weight is 449 g/mol. The van der Waals surface area contributed by atoms with Gasteiger partial charge in [-0.1, -0.05) is 60.7 Å². The number of esters is 1. The second kappa shape index (κ2) is 9.77. The van der Waals surface area contributed by atoms with E-state index in [1.165, 1.54) is 0 Å². The van der Waals surface area contributed by atoms with Crippen molar-refractivity contribution >= 4 is 17.8 Å². The minimum atomic E-state index is -1.21. The summed E-state index contributed by atoms with van der Waals surface area (Å²) in [4.78, 5) is 40.5. The number of nitrogens with two attached hydrogens (primary N) is 1. The molecule has 0 unspecified atom stereocenters. The summed E-state index contributed by atoms with van der Waals surface area (Å²) < 4.78 is 5.94. The molecule has 1 heterocycles. The monoisotopic (exact) mass is 448 g/mol. The van der Waals surface area contributed by atoms with Crippen LogP contribution < -0.4 is 5.73 Å². The van der Waals surface area contributed by atoms with Gasteiger partial charge < -0.3 is 15.4 Å². The Balaban J connectivity index is 1.48. The number of aryl methyl sites for hydroxylation is 1. The zero-order valence-electron chi connectivity index (χ0n) is 19.0. The van der Waals surface area contributed by atoms with Crippen molar-refractivity contribution in [3.8, 4) is 0 Å². The summed E-state index contributed by atoms with van der Waals surface area (Å²) in [6.45, 7) is 0.947. The van der Waals surface area contributed by atoms with E-state index in [0.717, 1.165) is 24.0 Å². The molecule has 1 aliphatic carbocycles. The Bertz CT molecular complexity index is 976. The highest BCUT2D eigenvalue weighted by Crippen LogP contribution is 2.41.